The summed E-state index contributed by atoms with van der Waals surface area (Å²) in [6.45, 7) is 9.06. The number of carbonyl (C=O) groups is 1. The molecular weight excluding hydrogens is 260 g/mol. The van der Waals surface area contributed by atoms with Crippen LogP contribution in [0.25, 0.3) is 0 Å². The summed E-state index contributed by atoms with van der Waals surface area (Å²) in [6, 6.07) is 6.19. The number of benzene rings is 1. The van der Waals surface area contributed by atoms with Crippen LogP contribution in [0.2, 0.25) is 0 Å². The van der Waals surface area contributed by atoms with Crippen LogP contribution in [-0.4, -0.2) is 11.9 Å². The largest absolute Gasteiger partial charge is 0.382 e. The first-order chi connectivity index (χ1) is 9.77. The second kappa shape index (κ2) is 6.08. The minimum absolute atomic E-state index is 0.365. The molecule has 3 N–H and O–H groups in total. The van der Waals surface area contributed by atoms with Gasteiger partial charge in [0.15, 0.2) is 0 Å². The predicted molar refractivity (Wildman–Crippen MR) is 88.5 cm³/mol. The monoisotopic (exact) mass is 288 g/mol. The molecule has 0 spiro atoms. The summed E-state index contributed by atoms with van der Waals surface area (Å²) < 4.78 is 0. The van der Waals surface area contributed by atoms with E-state index >= 15 is 0 Å². The summed E-state index contributed by atoms with van der Waals surface area (Å²) >= 11 is 0. The minimum atomic E-state index is -0.365. The van der Waals surface area contributed by atoms with Gasteiger partial charge in [-0.1, -0.05) is 20.8 Å². The van der Waals surface area contributed by atoms with Crippen LogP contribution in [0.5, 0.6) is 0 Å². The molecule has 3 nitrogen and oxygen atoms in total. The Labute approximate surface area is 128 Å². The molecule has 1 amide bonds. The van der Waals surface area contributed by atoms with Crippen molar-refractivity contribution in [3.63, 3.8) is 0 Å². The van der Waals surface area contributed by atoms with Gasteiger partial charge in [-0.3, -0.25) is 4.79 Å². The van der Waals surface area contributed by atoms with Crippen molar-refractivity contribution in [3.8, 4) is 0 Å². The van der Waals surface area contributed by atoms with E-state index in [1.165, 1.54) is 25.7 Å². The van der Waals surface area contributed by atoms with E-state index in [-0.39, 0.29) is 5.91 Å². The van der Waals surface area contributed by atoms with Gasteiger partial charge in [-0.2, -0.15) is 0 Å². The van der Waals surface area contributed by atoms with Crippen molar-refractivity contribution in [2.24, 2.45) is 17.1 Å². The summed E-state index contributed by atoms with van der Waals surface area (Å²) in [6.07, 6.45) is 5.02. The molecule has 1 saturated carbocycles. The Morgan fingerprint density at radius 1 is 1.19 bits per heavy atom. The fourth-order valence-electron chi connectivity index (χ4n) is 3.30. The third kappa shape index (κ3) is 3.99. The van der Waals surface area contributed by atoms with E-state index in [1.54, 1.807) is 6.07 Å². The molecule has 0 bridgehead atoms. The van der Waals surface area contributed by atoms with Crippen molar-refractivity contribution in [3.05, 3.63) is 29.3 Å². The lowest BCUT2D eigenvalue weighted by Crippen LogP contribution is -2.31. The predicted octanol–water partition coefficient (Wildman–Crippen LogP) is 4.11. The molecular formula is C18H28N2O. The smallest absolute Gasteiger partial charge is 0.248 e. The van der Waals surface area contributed by atoms with Crippen LogP contribution in [-0.2, 0) is 0 Å². The zero-order chi connectivity index (χ0) is 15.6. The Hall–Kier alpha value is -1.51. The van der Waals surface area contributed by atoms with Crippen molar-refractivity contribution in [1.82, 2.24) is 0 Å². The van der Waals surface area contributed by atoms with Crippen LogP contribution in [0.15, 0.2) is 18.2 Å². The van der Waals surface area contributed by atoms with E-state index in [4.69, 9.17) is 5.73 Å². The van der Waals surface area contributed by atoms with Gasteiger partial charge >= 0.3 is 0 Å². The van der Waals surface area contributed by atoms with Crippen molar-refractivity contribution >= 4 is 11.6 Å². The second-order valence-electron chi connectivity index (χ2n) is 7.45. The first-order valence-electron chi connectivity index (χ1n) is 7.94. The number of rotatable bonds is 3. The molecule has 0 radical (unpaired) electrons. The standard InChI is InChI=1S/C18H28N2O/c1-12-11-13(17(19)21)5-10-16(12)20-15-8-6-14(7-9-15)18(2,3)4/h5,10-11,14-15,20H,6-9H2,1-4H3,(H2,19,21). The topological polar surface area (TPSA) is 55.1 Å². The molecule has 1 aliphatic carbocycles. The Balaban J connectivity index is 1.96. The highest BCUT2D eigenvalue weighted by Gasteiger charge is 2.29. The molecule has 0 atom stereocenters. The molecule has 0 heterocycles. The zero-order valence-electron chi connectivity index (χ0n) is 13.7. The normalized spacial score (nSPS) is 22.9. The number of hydrogen-bond donors (Lipinski definition) is 2. The molecule has 0 unspecified atom stereocenters. The number of nitrogens with one attached hydrogen (secondary N) is 1. The van der Waals surface area contributed by atoms with Crippen LogP contribution in [0, 0.1) is 18.3 Å². The van der Waals surface area contributed by atoms with Crippen LogP contribution < -0.4 is 11.1 Å². The first kappa shape index (κ1) is 15.9. The zero-order valence-corrected chi connectivity index (χ0v) is 13.7. The van der Waals surface area contributed by atoms with Gasteiger partial charge in [0, 0.05) is 17.3 Å². The number of carbonyl (C=O) groups excluding carboxylic acids is 1. The highest BCUT2D eigenvalue weighted by Crippen LogP contribution is 2.38. The fourth-order valence-corrected chi connectivity index (χ4v) is 3.30. The third-order valence-corrected chi connectivity index (χ3v) is 4.82. The molecule has 1 fully saturated rings. The Bertz CT molecular complexity index is 508. The van der Waals surface area contributed by atoms with Gasteiger partial charge in [0.1, 0.15) is 0 Å². The molecule has 1 aromatic carbocycles. The SMILES string of the molecule is Cc1cc(C(N)=O)ccc1NC1CCC(C(C)(C)C)CC1. The molecule has 3 heteroatoms. The highest BCUT2D eigenvalue weighted by molar-refractivity contribution is 5.93. The Kier molecular flexibility index (Phi) is 4.60. The van der Waals surface area contributed by atoms with Gasteiger partial charge < -0.3 is 11.1 Å². The maximum absolute atomic E-state index is 11.2. The van der Waals surface area contributed by atoms with Gasteiger partial charge in [-0.15, -0.1) is 0 Å². The number of nitrogens with two attached hydrogens (primary N) is 1. The summed E-state index contributed by atoms with van der Waals surface area (Å²) in [7, 11) is 0. The minimum Gasteiger partial charge on any atom is -0.382 e. The summed E-state index contributed by atoms with van der Waals surface area (Å²) in [4.78, 5) is 11.2. The lowest BCUT2D eigenvalue weighted by molar-refractivity contribution is 0.1000. The summed E-state index contributed by atoms with van der Waals surface area (Å²) in [5, 5.41) is 3.64. The van der Waals surface area contributed by atoms with Crippen LogP contribution in [0.3, 0.4) is 0 Å². The maximum Gasteiger partial charge on any atom is 0.248 e. The molecule has 116 valence electrons. The lowest BCUT2D eigenvalue weighted by Gasteiger charge is -2.37. The third-order valence-electron chi connectivity index (χ3n) is 4.82. The van der Waals surface area contributed by atoms with Gasteiger partial charge in [-0.25, -0.2) is 0 Å². The average molecular weight is 288 g/mol. The quantitative estimate of drug-likeness (QED) is 0.879. The number of amides is 1. The van der Waals surface area contributed by atoms with E-state index in [1.807, 2.05) is 19.1 Å². The second-order valence-corrected chi connectivity index (χ2v) is 7.45. The van der Waals surface area contributed by atoms with Crippen molar-refractivity contribution in [1.29, 1.82) is 0 Å². The Morgan fingerprint density at radius 3 is 2.29 bits per heavy atom. The molecule has 0 aromatic heterocycles. The van der Waals surface area contributed by atoms with Gasteiger partial charge in [0.25, 0.3) is 0 Å². The van der Waals surface area contributed by atoms with Crippen LogP contribution >= 0.6 is 0 Å². The van der Waals surface area contributed by atoms with Gasteiger partial charge in [0.05, 0.1) is 0 Å². The van der Waals surface area contributed by atoms with E-state index in [9.17, 15) is 4.79 Å². The number of primary amides is 1. The van der Waals surface area contributed by atoms with E-state index in [2.05, 4.69) is 26.1 Å². The van der Waals surface area contributed by atoms with Crippen LogP contribution in [0.4, 0.5) is 5.69 Å². The van der Waals surface area contributed by atoms with E-state index in [0.29, 0.717) is 17.0 Å². The fraction of sp³-hybridized carbons (Fsp3) is 0.611. The average Bonchev–Trinajstić information content (AvgIpc) is 2.40. The van der Waals surface area contributed by atoms with Crippen molar-refractivity contribution in [2.45, 2.75) is 59.4 Å². The van der Waals surface area contributed by atoms with E-state index < -0.39 is 0 Å². The molecule has 2 rings (SSSR count). The lowest BCUT2D eigenvalue weighted by atomic mass is 9.71. The number of aryl methyl sites for hydroxylation is 1. The highest BCUT2D eigenvalue weighted by atomic mass is 16.1. The molecule has 0 aliphatic heterocycles. The maximum atomic E-state index is 11.2. The number of hydrogen-bond acceptors (Lipinski definition) is 2. The molecule has 1 aromatic rings. The van der Waals surface area contributed by atoms with Crippen molar-refractivity contribution in [2.75, 3.05) is 5.32 Å². The molecule has 0 saturated heterocycles. The van der Waals surface area contributed by atoms with Gasteiger partial charge in [-0.05, 0) is 67.7 Å². The molecule has 1 aliphatic rings. The van der Waals surface area contributed by atoms with Crippen molar-refractivity contribution < 1.29 is 4.79 Å². The first-order valence-corrected chi connectivity index (χ1v) is 7.94. The van der Waals surface area contributed by atoms with E-state index in [0.717, 1.165) is 17.2 Å². The van der Waals surface area contributed by atoms with Crippen LogP contribution in [0.1, 0.15) is 62.4 Å². The molecule has 21 heavy (non-hydrogen) atoms. The van der Waals surface area contributed by atoms with Gasteiger partial charge in [0.2, 0.25) is 5.91 Å². The summed E-state index contributed by atoms with van der Waals surface area (Å²) in [5.74, 6) is 0.462. The Morgan fingerprint density at radius 2 is 1.81 bits per heavy atom. The number of anilines is 1. The summed E-state index contributed by atoms with van der Waals surface area (Å²) in [5.41, 5.74) is 8.52.